The molecule has 2 aromatic carbocycles. The van der Waals surface area contributed by atoms with Crippen LogP contribution in [-0.4, -0.2) is 0 Å². The van der Waals surface area contributed by atoms with Gasteiger partial charge in [0.1, 0.15) is 17.2 Å². The maximum atomic E-state index is 13.3. The lowest BCUT2D eigenvalue weighted by Crippen LogP contribution is -2.11. The summed E-state index contributed by atoms with van der Waals surface area (Å²) in [7, 11) is 0. The lowest BCUT2D eigenvalue weighted by molar-refractivity contribution is 0.518. The Morgan fingerprint density at radius 2 is 1.85 bits per heavy atom. The summed E-state index contributed by atoms with van der Waals surface area (Å²) in [6.45, 7) is 1.95. The number of furan rings is 1. The van der Waals surface area contributed by atoms with Crippen molar-refractivity contribution in [2.75, 3.05) is 0 Å². The molecule has 0 bridgehead atoms. The molecule has 0 saturated carbocycles. The van der Waals surface area contributed by atoms with Crippen LogP contribution in [0.3, 0.4) is 0 Å². The predicted octanol–water partition coefficient (Wildman–Crippen LogP) is 4.53. The molecule has 0 aliphatic heterocycles. The van der Waals surface area contributed by atoms with Crippen LogP contribution >= 0.6 is 22.6 Å². The standard InChI is InChI=1S/C16H13FINO/c1-9-13-7-4-11(17)8-14(13)20-16(9)15(19)10-2-5-12(18)6-3-10/h2-8,15H,19H2,1H3. The van der Waals surface area contributed by atoms with Gasteiger partial charge in [-0.15, -0.1) is 0 Å². The van der Waals surface area contributed by atoms with E-state index >= 15 is 0 Å². The second-order valence-corrected chi connectivity index (χ2v) is 6.01. The first kappa shape index (κ1) is 13.6. The van der Waals surface area contributed by atoms with Gasteiger partial charge in [-0.3, -0.25) is 0 Å². The molecule has 0 aliphatic carbocycles. The molecule has 0 amide bonds. The van der Waals surface area contributed by atoms with Crippen LogP contribution < -0.4 is 5.73 Å². The van der Waals surface area contributed by atoms with Crippen molar-refractivity contribution in [3.05, 3.63) is 68.7 Å². The van der Waals surface area contributed by atoms with Crippen molar-refractivity contribution in [1.29, 1.82) is 0 Å². The van der Waals surface area contributed by atoms with Gasteiger partial charge in [0.05, 0.1) is 6.04 Å². The molecule has 3 aromatic rings. The first-order valence-corrected chi connectivity index (χ1v) is 7.34. The van der Waals surface area contributed by atoms with Crippen LogP contribution in [0.15, 0.2) is 46.9 Å². The third-order valence-electron chi connectivity index (χ3n) is 3.45. The Bertz CT molecular complexity index is 764. The van der Waals surface area contributed by atoms with Crippen molar-refractivity contribution in [1.82, 2.24) is 0 Å². The van der Waals surface area contributed by atoms with Gasteiger partial charge in [-0.05, 0) is 59.3 Å². The van der Waals surface area contributed by atoms with Crippen LogP contribution in [0.5, 0.6) is 0 Å². The number of hydrogen-bond donors (Lipinski definition) is 1. The van der Waals surface area contributed by atoms with Gasteiger partial charge in [0.2, 0.25) is 0 Å². The van der Waals surface area contributed by atoms with Crippen molar-refractivity contribution in [2.24, 2.45) is 5.73 Å². The molecule has 2 N–H and O–H groups in total. The number of benzene rings is 2. The highest BCUT2D eigenvalue weighted by atomic mass is 127. The fourth-order valence-electron chi connectivity index (χ4n) is 2.34. The Morgan fingerprint density at radius 1 is 1.15 bits per heavy atom. The van der Waals surface area contributed by atoms with Crippen molar-refractivity contribution >= 4 is 33.6 Å². The number of hydrogen-bond acceptors (Lipinski definition) is 2. The SMILES string of the molecule is Cc1c(C(N)c2ccc(I)cc2)oc2cc(F)ccc12. The van der Waals surface area contributed by atoms with E-state index in [1.165, 1.54) is 12.1 Å². The van der Waals surface area contributed by atoms with Crippen LogP contribution in [-0.2, 0) is 0 Å². The van der Waals surface area contributed by atoms with Gasteiger partial charge in [0, 0.05) is 20.6 Å². The van der Waals surface area contributed by atoms with Gasteiger partial charge in [0.25, 0.3) is 0 Å². The number of aryl methyl sites for hydroxylation is 1. The molecule has 0 spiro atoms. The highest BCUT2D eigenvalue weighted by Gasteiger charge is 2.18. The molecule has 2 nitrogen and oxygen atoms in total. The molecular weight excluding hydrogens is 368 g/mol. The third kappa shape index (κ3) is 2.33. The highest BCUT2D eigenvalue weighted by Crippen LogP contribution is 2.32. The number of rotatable bonds is 2. The summed E-state index contributed by atoms with van der Waals surface area (Å²) in [4.78, 5) is 0. The van der Waals surface area contributed by atoms with E-state index in [4.69, 9.17) is 10.2 Å². The summed E-state index contributed by atoms with van der Waals surface area (Å²) in [6, 6.07) is 12.2. The molecule has 0 fully saturated rings. The maximum Gasteiger partial charge on any atom is 0.137 e. The maximum absolute atomic E-state index is 13.3. The third-order valence-corrected chi connectivity index (χ3v) is 4.17. The molecule has 102 valence electrons. The van der Waals surface area contributed by atoms with Crippen LogP contribution in [0.4, 0.5) is 4.39 Å². The minimum absolute atomic E-state index is 0.305. The van der Waals surface area contributed by atoms with Gasteiger partial charge in [0.15, 0.2) is 0 Å². The number of fused-ring (bicyclic) bond motifs is 1. The second-order valence-electron chi connectivity index (χ2n) is 4.76. The van der Waals surface area contributed by atoms with E-state index in [1.54, 1.807) is 6.07 Å². The van der Waals surface area contributed by atoms with Crippen molar-refractivity contribution in [2.45, 2.75) is 13.0 Å². The largest absolute Gasteiger partial charge is 0.459 e. The van der Waals surface area contributed by atoms with Crippen LogP contribution in [0.25, 0.3) is 11.0 Å². The molecule has 1 atom stereocenters. The molecule has 1 unspecified atom stereocenters. The average molecular weight is 381 g/mol. The summed E-state index contributed by atoms with van der Waals surface area (Å²) >= 11 is 2.25. The molecule has 0 aliphatic rings. The van der Waals surface area contributed by atoms with E-state index in [2.05, 4.69) is 22.6 Å². The van der Waals surface area contributed by atoms with Crippen LogP contribution in [0.1, 0.15) is 22.9 Å². The lowest BCUT2D eigenvalue weighted by atomic mass is 10.0. The van der Waals surface area contributed by atoms with E-state index in [0.717, 1.165) is 20.1 Å². The first-order valence-electron chi connectivity index (χ1n) is 6.26. The topological polar surface area (TPSA) is 39.2 Å². The monoisotopic (exact) mass is 381 g/mol. The Labute approximate surface area is 129 Å². The average Bonchev–Trinajstić information content (AvgIpc) is 2.75. The minimum Gasteiger partial charge on any atom is -0.459 e. The molecule has 0 radical (unpaired) electrons. The predicted molar refractivity (Wildman–Crippen MR) is 86.1 cm³/mol. The van der Waals surface area contributed by atoms with Crippen LogP contribution in [0.2, 0.25) is 0 Å². The van der Waals surface area contributed by atoms with Gasteiger partial charge < -0.3 is 10.2 Å². The van der Waals surface area contributed by atoms with Crippen molar-refractivity contribution in [3.63, 3.8) is 0 Å². The zero-order valence-corrected chi connectivity index (χ0v) is 13.0. The lowest BCUT2D eigenvalue weighted by Gasteiger charge is -2.10. The van der Waals surface area contributed by atoms with Crippen LogP contribution in [0, 0.1) is 16.3 Å². The molecule has 1 aromatic heterocycles. The van der Waals surface area contributed by atoms with E-state index in [1.807, 2.05) is 31.2 Å². The van der Waals surface area contributed by atoms with E-state index < -0.39 is 0 Å². The van der Waals surface area contributed by atoms with Gasteiger partial charge >= 0.3 is 0 Å². The Hall–Kier alpha value is -1.40. The summed E-state index contributed by atoms with van der Waals surface area (Å²) in [5, 5.41) is 0.905. The summed E-state index contributed by atoms with van der Waals surface area (Å²) in [5.74, 6) is 0.382. The number of nitrogens with two attached hydrogens (primary N) is 1. The van der Waals surface area contributed by atoms with Gasteiger partial charge in [-0.2, -0.15) is 0 Å². The zero-order valence-electron chi connectivity index (χ0n) is 10.9. The molecule has 20 heavy (non-hydrogen) atoms. The fraction of sp³-hybridized carbons (Fsp3) is 0.125. The zero-order chi connectivity index (χ0) is 14.3. The van der Waals surface area contributed by atoms with Crippen molar-refractivity contribution < 1.29 is 8.81 Å². The molecule has 3 rings (SSSR count). The molecular formula is C16H13FINO. The minimum atomic E-state index is -0.345. The quantitative estimate of drug-likeness (QED) is 0.663. The summed E-state index contributed by atoms with van der Waals surface area (Å²) < 4.78 is 20.2. The van der Waals surface area contributed by atoms with Gasteiger partial charge in [-0.1, -0.05) is 12.1 Å². The smallest absolute Gasteiger partial charge is 0.137 e. The normalized spacial score (nSPS) is 12.8. The molecule has 4 heteroatoms. The molecule has 1 heterocycles. The number of halogens is 2. The van der Waals surface area contributed by atoms with E-state index in [0.29, 0.717) is 11.3 Å². The molecule has 0 saturated heterocycles. The van der Waals surface area contributed by atoms with E-state index in [9.17, 15) is 4.39 Å². The Balaban J connectivity index is 2.09. The first-order chi connectivity index (χ1) is 9.56. The highest BCUT2D eigenvalue weighted by molar-refractivity contribution is 14.1. The Kier molecular flexibility index (Phi) is 3.52. The second kappa shape index (κ2) is 5.18. The van der Waals surface area contributed by atoms with Gasteiger partial charge in [-0.25, -0.2) is 4.39 Å². The Morgan fingerprint density at radius 3 is 2.55 bits per heavy atom. The summed E-state index contributed by atoms with van der Waals surface area (Å²) in [6.07, 6.45) is 0. The summed E-state index contributed by atoms with van der Waals surface area (Å²) in [5.41, 5.74) is 8.76. The van der Waals surface area contributed by atoms with E-state index in [-0.39, 0.29) is 11.9 Å². The fourth-order valence-corrected chi connectivity index (χ4v) is 2.70. The van der Waals surface area contributed by atoms with Crippen molar-refractivity contribution in [3.8, 4) is 0 Å².